The lowest BCUT2D eigenvalue weighted by atomic mass is 10.1. The first-order valence-corrected chi connectivity index (χ1v) is 6.31. The highest BCUT2D eigenvalue weighted by Crippen LogP contribution is 2.21. The van der Waals surface area contributed by atoms with Crippen LogP contribution >= 0.6 is 0 Å². The van der Waals surface area contributed by atoms with Gasteiger partial charge in [0.05, 0.1) is 0 Å². The van der Waals surface area contributed by atoms with Gasteiger partial charge >= 0.3 is 12.1 Å². The summed E-state index contributed by atoms with van der Waals surface area (Å²) in [5, 5.41) is 30.1. The van der Waals surface area contributed by atoms with Crippen LogP contribution in [0.2, 0.25) is 0 Å². The van der Waals surface area contributed by atoms with Crippen molar-refractivity contribution in [2.75, 3.05) is 0 Å². The molecule has 4 N–H and O–H groups in total. The summed E-state index contributed by atoms with van der Waals surface area (Å²) in [5.74, 6) is -1.62. The molecule has 7 heteroatoms. The number of phenols is 2. The average Bonchev–Trinajstić information content (AvgIpc) is 2.23. The highest BCUT2D eigenvalue weighted by Gasteiger charge is 2.24. The number of aliphatic carboxylic acids is 1. The molecule has 0 aliphatic rings. The summed E-state index contributed by atoms with van der Waals surface area (Å²) in [6, 6.07) is 2.51. The van der Waals surface area contributed by atoms with E-state index < -0.39 is 23.7 Å². The quantitative estimate of drug-likeness (QED) is 0.671. The van der Waals surface area contributed by atoms with Crippen molar-refractivity contribution in [1.29, 1.82) is 0 Å². The summed E-state index contributed by atoms with van der Waals surface area (Å²) in [6.07, 6.45) is -0.949. The van der Waals surface area contributed by atoms with Crippen LogP contribution in [-0.2, 0) is 16.0 Å². The van der Waals surface area contributed by atoms with E-state index in [9.17, 15) is 19.8 Å². The Labute approximate surface area is 122 Å². The monoisotopic (exact) mass is 297 g/mol. The van der Waals surface area contributed by atoms with Gasteiger partial charge in [-0.15, -0.1) is 0 Å². The lowest BCUT2D eigenvalue weighted by molar-refractivity contribution is -0.139. The van der Waals surface area contributed by atoms with Crippen molar-refractivity contribution >= 4 is 12.1 Å². The average molecular weight is 297 g/mol. The normalized spacial score (nSPS) is 12.5. The van der Waals surface area contributed by atoms with Gasteiger partial charge < -0.3 is 25.4 Å². The molecular weight excluding hydrogens is 278 g/mol. The number of hydrogen-bond acceptors (Lipinski definition) is 5. The maximum Gasteiger partial charge on any atom is 0.408 e. The molecule has 0 saturated heterocycles. The Morgan fingerprint density at radius 3 is 2.14 bits per heavy atom. The molecule has 1 atom stereocenters. The fraction of sp³-hybridized carbons (Fsp3) is 0.429. The number of nitrogens with one attached hydrogen (secondary N) is 1. The summed E-state index contributed by atoms with van der Waals surface area (Å²) in [6.45, 7) is 4.99. The Hall–Kier alpha value is -2.44. The van der Waals surface area contributed by atoms with Gasteiger partial charge in [-0.05, 0) is 38.5 Å². The molecule has 1 aromatic rings. The zero-order valence-corrected chi connectivity index (χ0v) is 12.1. The Balaban J connectivity index is 2.78. The maximum atomic E-state index is 11.6. The number of carbonyl (C=O) groups is 2. The molecule has 1 amide bonds. The van der Waals surface area contributed by atoms with E-state index in [0.29, 0.717) is 5.56 Å². The zero-order valence-electron chi connectivity index (χ0n) is 12.1. The lowest BCUT2D eigenvalue weighted by Crippen LogP contribution is -2.44. The summed E-state index contributed by atoms with van der Waals surface area (Å²) >= 11 is 0. The van der Waals surface area contributed by atoms with Crippen LogP contribution in [0.25, 0.3) is 0 Å². The van der Waals surface area contributed by atoms with Crippen LogP contribution in [0.3, 0.4) is 0 Å². The van der Waals surface area contributed by atoms with Crippen LogP contribution < -0.4 is 5.32 Å². The molecule has 0 radical (unpaired) electrons. The second-order valence-electron chi connectivity index (χ2n) is 5.60. The van der Waals surface area contributed by atoms with Gasteiger partial charge in [-0.1, -0.05) is 0 Å². The van der Waals surface area contributed by atoms with Gasteiger partial charge in [-0.2, -0.15) is 0 Å². The van der Waals surface area contributed by atoms with Crippen LogP contribution in [0.1, 0.15) is 26.3 Å². The van der Waals surface area contributed by atoms with Gasteiger partial charge in [0.25, 0.3) is 0 Å². The van der Waals surface area contributed by atoms with E-state index >= 15 is 0 Å². The molecule has 1 rings (SSSR count). The molecule has 0 aliphatic carbocycles. The number of rotatable bonds is 4. The molecule has 0 spiro atoms. The van der Waals surface area contributed by atoms with Crippen molar-refractivity contribution in [3.8, 4) is 11.5 Å². The first-order valence-electron chi connectivity index (χ1n) is 6.31. The highest BCUT2D eigenvalue weighted by molar-refractivity contribution is 5.80. The molecule has 0 aliphatic heterocycles. The summed E-state index contributed by atoms with van der Waals surface area (Å²) in [7, 11) is 0. The molecule has 0 saturated carbocycles. The molecule has 7 nitrogen and oxygen atoms in total. The maximum absolute atomic E-state index is 11.6. The largest absolute Gasteiger partial charge is 0.508 e. The van der Waals surface area contributed by atoms with Crippen LogP contribution in [0.15, 0.2) is 18.2 Å². The fourth-order valence-corrected chi connectivity index (χ4v) is 1.66. The van der Waals surface area contributed by atoms with Crippen molar-refractivity contribution in [3.05, 3.63) is 23.8 Å². The minimum atomic E-state index is -1.25. The summed E-state index contributed by atoms with van der Waals surface area (Å²) in [5.41, 5.74) is -0.368. The molecule has 0 bridgehead atoms. The van der Waals surface area contributed by atoms with Crippen molar-refractivity contribution in [3.63, 3.8) is 0 Å². The lowest BCUT2D eigenvalue weighted by Gasteiger charge is -2.22. The minimum Gasteiger partial charge on any atom is -0.508 e. The SMILES string of the molecule is CC(C)(C)OC(=O)NC(Cc1cc(O)cc(O)c1)C(=O)O. The van der Waals surface area contributed by atoms with E-state index in [1.54, 1.807) is 20.8 Å². The molecule has 0 aromatic heterocycles. The van der Waals surface area contributed by atoms with Gasteiger partial charge in [0, 0.05) is 12.5 Å². The Morgan fingerprint density at radius 2 is 1.71 bits per heavy atom. The summed E-state index contributed by atoms with van der Waals surface area (Å²) in [4.78, 5) is 22.8. The number of carboxylic acids is 1. The smallest absolute Gasteiger partial charge is 0.408 e. The van der Waals surface area contributed by atoms with E-state index in [1.807, 2.05) is 0 Å². The van der Waals surface area contributed by atoms with Gasteiger partial charge in [0.15, 0.2) is 0 Å². The van der Waals surface area contributed by atoms with E-state index in [-0.39, 0.29) is 17.9 Å². The Bertz CT molecular complexity index is 515. The number of amides is 1. The topological polar surface area (TPSA) is 116 Å². The number of carbonyl (C=O) groups excluding carboxylic acids is 1. The van der Waals surface area contributed by atoms with Gasteiger partial charge in [0.1, 0.15) is 23.1 Å². The number of alkyl carbamates (subject to hydrolysis) is 1. The molecule has 21 heavy (non-hydrogen) atoms. The van der Waals surface area contributed by atoms with E-state index in [4.69, 9.17) is 9.84 Å². The molecule has 0 heterocycles. The Morgan fingerprint density at radius 1 is 1.19 bits per heavy atom. The third-order valence-electron chi connectivity index (χ3n) is 2.39. The Kier molecular flexibility index (Phi) is 5.02. The fourth-order valence-electron chi connectivity index (χ4n) is 1.66. The molecular formula is C14H19NO6. The molecule has 116 valence electrons. The van der Waals surface area contributed by atoms with Crippen molar-refractivity contribution in [2.45, 2.75) is 38.8 Å². The van der Waals surface area contributed by atoms with Crippen LogP contribution in [0.4, 0.5) is 4.79 Å². The van der Waals surface area contributed by atoms with E-state index in [0.717, 1.165) is 6.07 Å². The van der Waals surface area contributed by atoms with Gasteiger partial charge in [-0.3, -0.25) is 0 Å². The number of hydrogen-bond donors (Lipinski definition) is 4. The third kappa shape index (κ3) is 6.03. The number of carboxylic acid groups (broad SMARTS) is 1. The summed E-state index contributed by atoms with van der Waals surface area (Å²) < 4.78 is 4.99. The first kappa shape index (κ1) is 16.6. The highest BCUT2D eigenvalue weighted by atomic mass is 16.6. The number of phenolic OH excluding ortho intramolecular Hbond substituents is 2. The standard InChI is InChI=1S/C14H19NO6/c1-14(2,3)21-13(20)15-11(12(18)19)6-8-4-9(16)7-10(17)5-8/h4-5,7,11,16-17H,6H2,1-3H3,(H,15,20)(H,18,19). The van der Waals surface area contributed by atoms with Crippen molar-refractivity contribution in [2.24, 2.45) is 0 Å². The van der Waals surface area contributed by atoms with Gasteiger partial charge in [0.2, 0.25) is 0 Å². The molecule has 0 fully saturated rings. The number of benzene rings is 1. The zero-order chi connectivity index (χ0) is 16.2. The number of aromatic hydroxyl groups is 2. The second-order valence-corrected chi connectivity index (χ2v) is 5.60. The van der Waals surface area contributed by atoms with Crippen LogP contribution in [-0.4, -0.2) is 39.0 Å². The van der Waals surface area contributed by atoms with Crippen LogP contribution in [0.5, 0.6) is 11.5 Å². The van der Waals surface area contributed by atoms with Crippen LogP contribution in [0, 0.1) is 0 Å². The van der Waals surface area contributed by atoms with E-state index in [1.165, 1.54) is 12.1 Å². The first-order chi connectivity index (χ1) is 9.56. The minimum absolute atomic E-state index is 0.101. The third-order valence-corrected chi connectivity index (χ3v) is 2.39. The second kappa shape index (κ2) is 6.34. The predicted molar refractivity (Wildman–Crippen MR) is 74.3 cm³/mol. The van der Waals surface area contributed by atoms with Crippen molar-refractivity contribution < 1.29 is 29.6 Å². The van der Waals surface area contributed by atoms with E-state index in [2.05, 4.69) is 5.32 Å². The predicted octanol–water partition coefficient (Wildman–Crippen LogP) is 1.62. The van der Waals surface area contributed by atoms with Gasteiger partial charge in [-0.25, -0.2) is 9.59 Å². The molecule has 1 unspecified atom stereocenters. The van der Waals surface area contributed by atoms with Crippen molar-refractivity contribution in [1.82, 2.24) is 5.32 Å². The molecule has 1 aromatic carbocycles. The number of ether oxygens (including phenoxy) is 1.